The van der Waals surface area contributed by atoms with Gasteiger partial charge in [0.15, 0.2) is 0 Å². The highest BCUT2D eigenvalue weighted by Crippen LogP contribution is 2.04. The first-order valence-electron chi connectivity index (χ1n) is 6.03. The summed E-state index contributed by atoms with van der Waals surface area (Å²) in [5, 5.41) is 5.59. The maximum absolute atomic E-state index is 11.7. The maximum atomic E-state index is 11.7. The Bertz CT molecular complexity index is 261. The van der Waals surface area contributed by atoms with E-state index in [1.54, 1.807) is 0 Å². The molecule has 1 aliphatic rings. The first kappa shape index (κ1) is 13.9. The van der Waals surface area contributed by atoms with Gasteiger partial charge in [0.25, 0.3) is 0 Å². The second-order valence-electron chi connectivity index (χ2n) is 4.12. The molecule has 2 atom stereocenters. The zero-order valence-corrected chi connectivity index (χ0v) is 10.2. The lowest BCUT2D eigenvalue weighted by molar-refractivity contribution is -0.127. The van der Waals surface area contributed by atoms with Gasteiger partial charge < -0.3 is 21.1 Å². The van der Waals surface area contributed by atoms with Crippen LogP contribution in [-0.4, -0.2) is 43.7 Å². The maximum Gasteiger partial charge on any atom is 0.222 e. The molecule has 6 heteroatoms. The van der Waals surface area contributed by atoms with Crippen molar-refractivity contribution in [1.29, 1.82) is 0 Å². The monoisotopic (exact) mass is 243 g/mol. The molecule has 0 bridgehead atoms. The number of rotatable bonds is 6. The van der Waals surface area contributed by atoms with Crippen LogP contribution in [0.5, 0.6) is 0 Å². The molecule has 1 heterocycles. The molecule has 1 fully saturated rings. The fraction of sp³-hybridized carbons (Fsp3) is 0.818. The third-order valence-electron chi connectivity index (χ3n) is 2.71. The SMILES string of the molecule is CCOC(CN)CC(=O)NC1CCC(=O)NC1. The zero-order valence-electron chi connectivity index (χ0n) is 10.2. The Kier molecular flexibility index (Phi) is 5.93. The van der Waals surface area contributed by atoms with Crippen LogP contribution < -0.4 is 16.4 Å². The molecule has 6 nitrogen and oxygen atoms in total. The molecule has 1 aliphatic heterocycles. The van der Waals surface area contributed by atoms with E-state index in [4.69, 9.17) is 10.5 Å². The number of amides is 2. The summed E-state index contributed by atoms with van der Waals surface area (Å²) >= 11 is 0. The number of hydrogen-bond acceptors (Lipinski definition) is 4. The van der Waals surface area contributed by atoms with Crippen LogP contribution in [0.3, 0.4) is 0 Å². The summed E-state index contributed by atoms with van der Waals surface area (Å²) in [5.74, 6) is -0.0281. The lowest BCUT2D eigenvalue weighted by Crippen LogP contribution is -2.48. The van der Waals surface area contributed by atoms with Crippen molar-refractivity contribution in [3.8, 4) is 0 Å². The van der Waals surface area contributed by atoms with Gasteiger partial charge in [0.1, 0.15) is 0 Å². The molecule has 0 aromatic heterocycles. The van der Waals surface area contributed by atoms with Gasteiger partial charge in [-0.05, 0) is 13.3 Å². The minimum atomic E-state index is -0.224. The lowest BCUT2D eigenvalue weighted by atomic mass is 10.1. The van der Waals surface area contributed by atoms with E-state index < -0.39 is 0 Å². The van der Waals surface area contributed by atoms with Crippen LogP contribution in [0.1, 0.15) is 26.2 Å². The van der Waals surface area contributed by atoms with E-state index in [0.717, 1.165) is 0 Å². The van der Waals surface area contributed by atoms with Gasteiger partial charge in [-0.25, -0.2) is 0 Å². The number of carbonyl (C=O) groups excluding carboxylic acids is 2. The Balaban J connectivity index is 2.26. The lowest BCUT2D eigenvalue weighted by Gasteiger charge is -2.24. The minimum absolute atomic E-state index is 0.0280. The molecule has 0 radical (unpaired) electrons. The van der Waals surface area contributed by atoms with Crippen molar-refractivity contribution in [3.05, 3.63) is 0 Å². The summed E-state index contributed by atoms with van der Waals surface area (Å²) in [7, 11) is 0. The normalized spacial score (nSPS) is 21.8. The Morgan fingerprint density at radius 1 is 1.71 bits per heavy atom. The Labute approximate surface area is 101 Å². The van der Waals surface area contributed by atoms with Crippen LogP contribution in [-0.2, 0) is 14.3 Å². The van der Waals surface area contributed by atoms with E-state index in [1.165, 1.54) is 0 Å². The van der Waals surface area contributed by atoms with E-state index in [2.05, 4.69) is 10.6 Å². The molecule has 0 saturated carbocycles. The standard InChI is InChI=1S/C11H21N3O3/c1-2-17-9(6-12)5-11(16)14-8-3-4-10(15)13-7-8/h8-9H,2-7,12H2,1H3,(H,13,15)(H,14,16). The van der Waals surface area contributed by atoms with Gasteiger partial charge in [0, 0.05) is 32.2 Å². The van der Waals surface area contributed by atoms with E-state index in [0.29, 0.717) is 32.5 Å². The van der Waals surface area contributed by atoms with E-state index in [-0.39, 0.29) is 30.4 Å². The first-order valence-corrected chi connectivity index (χ1v) is 6.03. The van der Waals surface area contributed by atoms with Gasteiger partial charge in [-0.3, -0.25) is 9.59 Å². The van der Waals surface area contributed by atoms with Crippen molar-refractivity contribution in [3.63, 3.8) is 0 Å². The highest BCUT2D eigenvalue weighted by Gasteiger charge is 2.20. The molecule has 98 valence electrons. The van der Waals surface area contributed by atoms with Crippen molar-refractivity contribution < 1.29 is 14.3 Å². The van der Waals surface area contributed by atoms with Crippen LogP contribution in [0.25, 0.3) is 0 Å². The van der Waals surface area contributed by atoms with Crippen LogP contribution in [0.15, 0.2) is 0 Å². The molecule has 0 aromatic carbocycles. The number of nitrogens with one attached hydrogen (secondary N) is 2. The number of hydrogen-bond donors (Lipinski definition) is 3. The Hall–Kier alpha value is -1.14. The summed E-state index contributed by atoms with van der Waals surface area (Å²) in [6, 6.07) is 0.0280. The second-order valence-corrected chi connectivity index (χ2v) is 4.12. The van der Waals surface area contributed by atoms with Gasteiger partial charge in [-0.2, -0.15) is 0 Å². The second kappa shape index (κ2) is 7.24. The molecule has 0 aliphatic carbocycles. The highest BCUT2D eigenvalue weighted by molar-refractivity contribution is 5.79. The predicted molar refractivity (Wildman–Crippen MR) is 63.3 cm³/mol. The molecule has 4 N–H and O–H groups in total. The summed E-state index contributed by atoms with van der Waals surface area (Å²) in [5.41, 5.74) is 5.50. The van der Waals surface area contributed by atoms with Crippen molar-refractivity contribution in [2.75, 3.05) is 19.7 Å². The number of ether oxygens (including phenoxy) is 1. The van der Waals surface area contributed by atoms with Crippen LogP contribution in [0.2, 0.25) is 0 Å². The zero-order chi connectivity index (χ0) is 12.7. The Morgan fingerprint density at radius 3 is 3.00 bits per heavy atom. The van der Waals surface area contributed by atoms with Gasteiger partial charge in [0.2, 0.25) is 11.8 Å². The fourth-order valence-electron chi connectivity index (χ4n) is 1.80. The number of nitrogens with two attached hydrogens (primary N) is 1. The molecule has 0 spiro atoms. The summed E-state index contributed by atoms with van der Waals surface area (Å²) in [6.45, 7) is 3.26. The molecule has 17 heavy (non-hydrogen) atoms. The van der Waals surface area contributed by atoms with Crippen LogP contribution >= 0.6 is 0 Å². The third-order valence-corrected chi connectivity index (χ3v) is 2.71. The summed E-state index contributed by atoms with van der Waals surface area (Å²) in [6.07, 6.45) is 1.21. The van der Waals surface area contributed by atoms with Crippen molar-refractivity contribution in [2.24, 2.45) is 5.73 Å². The number of piperidine rings is 1. The van der Waals surface area contributed by atoms with Crippen molar-refractivity contribution in [2.45, 2.75) is 38.3 Å². The van der Waals surface area contributed by atoms with Crippen molar-refractivity contribution in [1.82, 2.24) is 10.6 Å². The Morgan fingerprint density at radius 2 is 2.47 bits per heavy atom. The molecule has 1 rings (SSSR count). The van der Waals surface area contributed by atoms with Gasteiger partial charge in [-0.15, -0.1) is 0 Å². The number of carbonyl (C=O) groups is 2. The quantitative estimate of drug-likeness (QED) is 0.565. The molecule has 2 unspecified atom stereocenters. The molecule has 2 amide bonds. The molecule has 0 aromatic rings. The van der Waals surface area contributed by atoms with E-state index in [1.807, 2.05) is 6.92 Å². The van der Waals surface area contributed by atoms with Crippen LogP contribution in [0, 0.1) is 0 Å². The smallest absolute Gasteiger partial charge is 0.222 e. The van der Waals surface area contributed by atoms with Gasteiger partial charge in [0.05, 0.1) is 12.5 Å². The average Bonchev–Trinajstić information content (AvgIpc) is 2.31. The summed E-state index contributed by atoms with van der Waals surface area (Å²) in [4.78, 5) is 22.6. The molecular formula is C11H21N3O3. The average molecular weight is 243 g/mol. The van der Waals surface area contributed by atoms with Crippen LogP contribution in [0.4, 0.5) is 0 Å². The molecule has 1 saturated heterocycles. The van der Waals surface area contributed by atoms with Crippen molar-refractivity contribution >= 4 is 11.8 Å². The largest absolute Gasteiger partial charge is 0.377 e. The van der Waals surface area contributed by atoms with Gasteiger partial charge in [-0.1, -0.05) is 0 Å². The van der Waals surface area contributed by atoms with Gasteiger partial charge >= 0.3 is 0 Å². The fourth-order valence-corrected chi connectivity index (χ4v) is 1.80. The van der Waals surface area contributed by atoms with E-state index in [9.17, 15) is 9.59 Å². The topological polar surface area (TPSA) is 93.4 Å². The first-order chi connectivity index (χ1) is 8.15. The molecular weight excluding hydrogens is 222 g/mol. The third kappa shape index (κ3) is 5.14. The van der Waals surface area contributed by atoms with E-state index >= 15 is 0 Å². The summed E-state index contributed by atoms with van der Waals surface area (Å²) < 4.78 is 5.31. The minimum Gasteiger partial charge on any atom is -0.377 e. The predicted octanol–water partition coefficient (Wildman–Crippen LogP) is -0.865. The highest BCUT2D eigenvalue weighted by atomic mass is 16.5.